The minimum atomic E-state index is -4.27. The molecule has 1 fully saturated rings. The first-order valence-electron chi connectivity index (χ1n) is 19.2. The van der Waals surface area contributed by atoms with Crippen molar-refractivity contribution in [3.8, 4) is 11.1 Å². The number of thioether (sulfide) groups is 1. The number of aromatic nitrogens is 2. The van der Waals surface area contributed by atoms with E-state index in [0.717, 1.165) is 55.9 Å². The van der Waals surface area contributed by atoms with Gasteiger partial charge in [-0.3, -0.25) is 19.7 Å². The van der Waals surface area contributed by atoms with Crippen LogP contribution in [0.2, 0.25) is 0 Å². The lowest BCUT2D eigenvalue weighted by Gasteiger charge is -2.36. The average molecular weight is 817 g/mol. The van der Waals surface area contributed by atoms with Crippen LogP contribution in [-0.2, 0) is 16.6 Å². The summed E-state index contributed by atoms with van der Waals surface area (Å²) in [5.74, 6) is 0.726. The fraction of sp³-hybridized carbons (Fsp3) is 0.273. The average Bonchev–Trinajstić information content (AvgIpc) is 3.23. The monoisotopic (exact) mass is 816 g/mol. The van der Waals surface area contributed by atoms with Gasteiger partial charge in [-0.1, -0.05) is 72.8 Å². The molecule has 5 aromatic carbocycles. The second-order valence-corrected chi connectivity index (χ2v) is 17.8. The number of nitro benzene ring substituents is 1. The van der Waals surface area contributed by atoms with Gasteiger partial charge in [0.2, 0.25) is 0 Å². The van der Waals surface area contributed by atoms with Crippen molar-refractivity contribution in [2.24, 2.45) is 0 Å². The van der Waals surface area contributed by atoms with E-state index in [1.165, 1.54) is 35.2 Å². The van der Waals surface area contributed by atoms with Gasteiger partial charge >= 0.3 is 0 Å². The molecule has 1 atom stereocenters. The quantitative estimate of drug-likeness (QED) is 0.0555. The van der Waals surface area contributed by atoms with E-state index in [-0.39, 0.29) is 22.1 Å². The summed E-state index contributed by atoms with van der Waals surface area (Å²) in [5.41, 5.74) is 4.71. The molecule has 7 rings (SSSR count). The van der Waals surface area contributed by atoms with Crippen molar-refractivity contribution in [1.29, 1.82) is 0 Å². The minimum absolute atomic E-state index is 0.0949. The summed E-state index contributed by atoms with van der Waals surface area (Å²) in [5, 5.41) is 16.3. The van der Waals surface area contributed by atoms with Gasteiger partial charge in [-0.05, 0) is 93.1 Å². The fourth-order valence-corrected chi connectivity index (χ4v) is 9.23. The summed E-state index contributed by atoms with van der Waals surface area (Å²) in [6.45, 7) is 7.07. The molecule has 1 aromatic heterocycles. The Morgan fingerprint density at radius 1 is 0.862 bits per heavy atom. The number of nitro groups is 1. The van der Waals surface area contributed by atoms with Gasteiger partial charge in [0.15, 0.2) is 5.82 Å². The molecule has 1 saturated heterocycles. The molecule has 0 amide bonds. The fourth-order valence-electron chi connectivity index (χ4n) is 7.13. The van der Waals surface area contributed by atoms with Crippen LogP contribution < -0.4 is 14.9 Å². The molecule has 2 heterocycles. The maximum atomic E-state index is 13.8. The molecule has 58 heavy (non-hydrogen) atoms. The lowest BCUT2D eigenvalue weighted by molar-refractivity contribution is -0.384. The Labute approximate surface area is 344 Å². The molecule has 1 aliphatic heterocycles. The third-order valence-corrected chi connectivity index (χ3v) is 13.1. The SMILES string of the molecule is CN(C)CCC(C)(CSc1ccccc1)Nc1ccc(S(=O)(=O)Nc2ncnc3cc(N4CCN(Cc5ccccc5-c5ccccc5)CC4)ccc23)cc1[N+](=O)[O-]. The highest BCUT2D eigenvalue weighted by Gasteiger charge is 2.30. The van der Waals surface area contributed by atoms with Crippen LogP contribution in [-0.4, -0.2) is 91.2 Å². The third-order valence-electron chi connectivity index (χ3n) is 10.4. The molecule has 1 aliphatic rings. The lowest BCUT2D eigenvalue weighted by Crippen LogP contribution is -2.46. The van der Waals surface area contributed by atoms with E-state index >= 15 is 0 Å². The number of rotatable bonds is 16. The van der Waals surface area contributed by atoms with Gasteiger partial charge in [0, 0.05) is 66.1 Å². The topological polar surface area (TPSA) is 137 Å². The highest BCUT2D eigenvalue weighted by Crippen LogP contribution is 2.35. The number of nitrogens with one attached hydrogen (secondary N) is 2. The molecule has 300 valence electrons. The molecule has 6 aromatic rings. The van der Waals surface area contributed by atoms with Gasteiger partial charge in [-0.25, -0.2) is 18.4 Å². The molecule has 0 saturated carbocycles. The number of hydrogen-bond donors (Lipinski definition) is 2. The molecule has 14 heteroatoms. The molecule has 2 N–H and O–H groups in total. The van der Waals surface area contributed by atoms with E-state index in [9.17, 15) is 18.5 Å². The van der Waals surface area contributed by atoms with E-state index in [0.29, 0.717) is 23.1 Å². The number of hydrogen-bond acceptors (Lipinski definition) is 11. The Balaban J connectivity index is 1.04. The molecular formula is C44H48N8O4S2. The Kier molecular flexibility index (Phi) is 12.6. The summed E-state index contributed by atoms with van der Waals surface area (Å²) >= 11 is 1.66. The first-order valence-corrected chi connectivity index (χ1v) is 21.7. The second-order valence-electron chi connectivity index (χ2n) is 15.1. The van der Waals surface area contributed by atoms with Crippen LogP contribution in [0.15, 0.2) is 137 Å². The normalized spacial score (nSPS) is 14.7. The van der Waals surface area contributed by atoms with Crippen molar-refractivity contribution in [1.82, 2.24) is 19.8 Å². The molecule has 0 radical (unpaired) electrons. The van der Waals surface area contributed by atoms with Crippen molar-refractivity contribution in [3.05, 3.63) is 143 Å². The highest BCUT2D eigenvalue weighted by atomic mass is 32.2. The number of anilines is 3. The summed E-state index contributed by atoms with van der Waals surface area (Å²) in [7, 11) is -0.307. The van der Waals surface area contributed by atoms with Crippen molar-refractivity contribution < 1.29 is 13.3 Å². The Morgan fingerprint density at radius 3 is 2.29 bits per heavy atom. The molecule has 0 spiro atoms. The number of fused-ring (bicyclic) bond motifs is 1. The van der Waals surface area contributed by atoms with Gasteiger partial charge in [0.25, 0.3) is 15.7 Å². The lowest BCUT2D eigenvalue weighted by atomic mass is 9.99. The predicted octanol–water partition coefficient (Wildman–Crippen LogP) is 8.24. The van der Waals surface area contributed by atoms with Crippen LogP contribution in [0.5, 0.6) is 0 Å². The van der Waals surface area contributed by atoms with Gasteiger partial charge in [0.05, 0.1) is 15.3 Å². The molecule has 1 unspecified atom stereocenters. The van der Waals surface area contributed by atoms with Crippen LogP contribution in [0.4, 0.5) is 22.9 Å². The van der Waals surface area contributed by atoms with Crippen molar-refractivity contribution in [2.45, 2.75) is 35.2 Å². The van der Waals surface area contributed by atoms with Crippen molar-refractivity contribution in [3.63, 3.8) is 0 Å². The number of benzene rings is 5. The van der Waals surface area contributed by atoms with E-state index in [1.807, 2.05) is 75.6 Å². The predicted molar refractivity (Wildman–Crippen MR) is 235 cm³/mol. The standard InChI is InChI=1S/C44H48N8O4S2/c1-44(22-23-49(2)3,31-57-36-15-8-5-9-16-36)47-40-21-19-37(29-42(40)52(53)54)58(55,56)48-43-39-20-18-35(28-41(39)45-32-46-43)51-26-24-50(25-27-51)30-34-14-10-11-17-38(34)33-12-6-4-7-13-33/h4-21,28-29,32,47H,22-27,30-31H2,1-3H3,(H,45,46,48). The van der Waals surface area contributed by atoms with Gasteiger partial charge in [-0.15, -0.1) is 11.8 Å². The van der Waals surface area contributed by atoms with Crippen molar-refractivity contribution >= 4 is 55.6 Å². The number of nitrogens with zero attached hydrogens (tertiary/aromatic N) is 6. The van der Waals surface area contributed by atoms with Crippen LogP contribution in [0.1, 0.15) is 18.9 Å². The molecule has 0 aliphatic carbocycles. The smallest absolute Gasteiger partial charge is 0.293 e. The maximum Gasteiger partial charge on any atom is 0.293 e. The first kappa shape index (κ1) is 40.6. The zero-order valence-corrected chi connectivity index (χ0v) is 34.5. The first-order chi connectivity index (χ1) is 28.0. The van der Waals surface area contributed by atoms with E-state index in [1.54, 1.807) is 11.8 Å². The summed E-state index contributed by atoms with van der Waals surface area (Å²) in [4.78, 5) is 28.3. The van der Waals surface area contributed by atoms with E-state index < -0.39 is 20.5 Å². The Hall–Kier alpha value is -5.54. The van der Waals surface area contributed by atoms with Crippen LogP contribution in [0.25, 0.3) is 22.0 Å². The second kappa shape index (κ2) is 17.9. The Morgan fingerprint density at radius 2 is 1.57 bits per heavy atom. The van der Waals surface area contributed by atoms with Gasteiger partial charge in [-0.2, -0.15) is 0 Å². The van der Waals surface area contributed by atoms with Gasteiger partial charge in [0.1, 0.15) is 12.0 Å². The zero-order chi connectivity index (χ0) is 40.7. The zero-order valence-electron chi connectivity index (χ0n) is 32.9. The summed E-state index contributed by atoms with van der Waals surface area (Å²) in [6, 6.07) is 38.7. The van der Waals surface area contributed by atoms with Crippen LogP contribution in [0.3, 0.4) is 0 Å². The Bertz CT molecular complexity index is 2470. The molecule has 12 nitrogen and oxygen atoms in total. The molecular weight excluding hydrogens is 769 g/mol. The summed E-state index contributed by atoms with van der Waals surface area (Å²) in [6.07, 6.45) is 2.02. The van der Waals surface area contributed by atoms with E-state index in [4.69, 9.17) is 0 Å². The number of piperazine rings is 1. The maximum absolute atomic E-state index is 13.8. The third kappa shape index (κ3) is 9.94. The van der Waals surface area contributed by atoms with Gasteiger partial charge < -0.3 is 15.1 Å². The largest absolute Gasteiger partial charge is 0.373 e. The summed E-state index contributed by atoms with van der Waals surface area (Å²) < 4.78 is 30.2. The van der Waals surface area contributed by atoms with Crippen molar-refractivity contribution in [2.75, 3.05) is 67.5 Å². The number of sulfonamides is 1. The highest BCUT2D eigenvalue weighted by molar-refractivity contribution is 7.99. The van der Waals surface area contributed by atoms with Crippen LogP contribution >= 0.6 is 11.8 Å². The van der Waals surface area contributed by atoms with Crippen LogP contribution in [0, 0.1) is 10.1 Å². The minimum Gasteiger partial charge on any atom is -0.373 e. The van der Waals surface area contributed by atoms with E-state index in [2.05, 4.69) is 83.2 Å². The molecule has 0 bridgehead atoms.